The van der Waals surface area contributed by atoms with Gasteiger partial charge in [-0.15, -0.1) is 0 Å². The van der Waals surface area contributed by atoms with Gasteiger partial charge in [0.25, 0.3) is 0 Å². The van der Waals surface area contributed by atoms with Crippen LogP contribution in [-0.4, -0.2) is 48.2 Å². The molecule has 0 aliphatic carbocycles. The summed E-state index contributed by atoms with van der Waals surface area (Å²) in [7, 11) is 1.72. The lowest BCUT2D eigenvalue weighted by Crippen LogP contribution is -2.32. The number of hydrogen-bond donors (Lipinski definition) is 1. The molecule has 0 bridgehead atoms. The van der Waals surface area contributed by atoms with E-state index in [4.69, 9.17) is 22.7 Å². The van der Waals surface area contributed by atoms with E-state index in [2.05, 4.69) is 9.88 Å². The van der Waals surface area contributed by atoms with Gasteiger partial charge in [-0.3, -0.25) is 4.98 Å². The summed E-state index contributed by atoms with van der Waals surface area (Å²) in [5.41, 5.74) is 6.84. The minimum Gasteiger partial charge on any atom is -0.393 e. The SMILES string of the molecule is COCCN(CCC(N)=S)CCc1ccncc1. The Labute approximate surface area is 114 Å². The monoisotopic (exact) mass is 267 g/mol. The first-order chi connectivity index (χ1) is 8.72. The molecule has 1 rings (SSSR count). The number of hydrogen-bond acceptors (Lipinski definition) is 4. The summed E-state index contributed by atoms with van der Waals surface area (Å²) < 4.78 is 5.12. The Kier molecular flexibility index (Phi) is 7.48. The fraction of sp³-hybridized carbons (Fsp3) is 0.538. The highest BCUT2D eigenvalue weighted by Crippen LogP contribution is 2.01. The minimum absolute atomic E-state index is 0.571. The van der Waals surface area contributed by atoms with E-state index in [1.807, 2.05) is 24.5 Å². The fourth-order valence-corrected chi connectivity index (χ4v) is 1.75. The Balaban J connectivity index is 2.37. The van der Waals surface area contributed by atoms with Gasteiger partial charge < -0.3 is 15.4 Å². The van der Waals surface area contributed by atoms with Crippen LogP contribution in [0.4, 0.5) is 0 Å². The van der Waals surface area contributed by atoms with E-state index in [1.54, 1.807) is 7.11 Å². The molecule has 0 spiro atoms. The Morgan fingerprint density at radius 1 is 1.33 bits per heavy atom. The average molecular weight is 267 g/mol. The van der Waals surface area contributed by atoms with Crippen molar-refractivity contribution >= 4 is 17.2 Å². The molecule has 0 saturated carbocycles. The standard InChI is InChI=1S/C13H21N3OS/c1-17-11-10-16(9-5-13(14)18)8-4-12-2-6-15-7-3-12/h2-3,6-7H,4-5,8-11H2,1H3,(H2,14,18). The topological polar surface area (TPSA) is 51.4 Å². The zero-order chi connectivity index (χ0) is 13.2. The van der Waals surface area contributed by atoms with E-state index in [0.29, 0.717) is 4.99 Å². The van der Waals surface area contributed by atoms with Gasteiger partial charge in [0.15, 0.2) is 0 Å². The van der Waals surface area contributed by atoms with Crippen LogP contribution in [0.2, 0.25) is 0 Å². The van der Waals surface area contributed by atoms with Gasteiger partial charge in [0.2, 0.25) is 0 Å². The highest BCUT2D eigenvalue weighted by Gasteiger charge is 2.05. The predicted molar refractivity (Wildman–Crippen MR) is 77.7 cm³/mol. The van der Waals surface area contributed by atoms with Gasteiger partial charge in [0.1, 0.15) is 0 Å². The molecule has 1 aromatic rings. The number of thiocarbonyl (C=S) groups is 1. The zero-order valence-corrected chi connectivity index (χ0v) is 11.7. The maximum absolute atomic E-state index is 5.54. The smallest absolute Gasteiger partial charge is 0.0740 e. The first kappa shape index (κ1) is 15.0. The third kappa shape index (κ3) is 6.64. The van der Waals surface area contributed by atoms with Gasteiger partial charge in [-0.05, 0) is 24.1 Å². The van der Waals surface area contributed by atoms with Crippen molar-refractivity contribution in [3.63, 3.8) is 0 Å². The van der Waals surface area contributed by atoms with Crippen molar-refractivity contribution in [2.24, 2.45) is 5.73 Å². The summed E-state index contributed by atoms with van der Waals surface area (Å²) in [5.74, 6) is 0. The lowest BCUT2D eigenvalue weighted by atomic mass is 10.2. The molecule has 0 amide bonds. The lowest BCUT2D eigenvalue weighted by molar-refractivity contribution is 0.150. The van der Waals surface area contributed by atoms with Crippen LogP contribution < -0.4 is 5.73 Å². The molecule has 0 unspecified atom stereocenters. The van der Waals surface area contributed by atoms with Gasteiger partial charge >= 0.3 is 0 Å². The highest BCUT2D eigenvalue weighted by molar-refractivity contribution is 7.80. The van der Waals surface area contributed by atoms with Gasteiger partial charge in [-0.1, -0.05) is 12.2 Å². The predicted octanol–water partition coefficient (Wildman–Crippen LogP) is 1.25. The van der Waals surface area contributed by atoms with Crippen LogP contribution in [0.25, 0.3) is 0 Å². The molecule has 0 aliphatic heterocycles. The Hall–Kier alpha value is -1.04. The van der Waals surface area contributed by atoms with Crippen LogP contribution in [0.3, 0.4) is 0 Å². The summed E-state index contributed by atoms with van der Waals surface area (Å²) >= 11 is 4.92. The Morgan fingerprint density at radius 3 is 2.67 bits per heavy atom. The number of nitrogens with zero attached hydrogens (tertiary/aromatic N) is 2. The number of rotatable bonds is 9. The van der Waals surface area contributed by atoms with E-state index in [9.17, 15) is 0 Å². The normalized spacial score (nSPS) is 10.8. The van der Waals surface area contributed by atoms with E-state index in [0.717, 1.165) is 39.1 Å². The summed E-state index contributed by atoms with van der Waals surface area (Å²) in [6, 6.07) is 4.09. The molecule has 0 atom stereocenters. The summed E-state index contributed by atoms with van der Waals surface area (Å²) in [6.45, 7) is 3.51. The van der Waals surface area contributed by atoms with E-state index in [-0.39, 0.29) is 0 Å². The number of aromatic nitrogens is 1. The van der Waals surface area contributed by atoms with Gasteiger partial charge in [-0.25, -0.2) is 0 Å². The third-order valence-electron chi connectivity index (χ3n) is 2.75. The van der Waals surface area contributed by atoms with Crippen molar-refractivity contribution in [2.75, 3.05) is 33.4 Å². The van der Waals surface area contributed by atoms with Crippen molar-refractivity contribution < 1.29 is 4.74 Å². The Bertz CT molecular complexity index is 345. The van der Waals surface area contributed by atoms with Crippen LogP contribution in [0.1, 0.15) is 12.0 Å². The van der Waals surface area contributed by atoms with Crippen molar-refractivity contribution in [3.8, 4) is 0 Å². The highest BCUT2D eigenvalue weighted by atomic mass is 32.1. The van der Waals surface area contributed by atoms with Crippen LogP contribution >= 0.6 is 12.2 Å². The summed E-state index contributed by atoms with van der Waals surface area (Å²) in [4.78, 5) is 6.91. The van der Waals surface area contributed by atoms with Crippen LogP contribution in [-0.2, 0) is 11.2 Å². The second-order valence-electron chi connectivity index (χ2n) is 4.16. The lowest BCUT2D eigenvalue weighted by Gasteiger charge is -2.21. The van der Waals surface area contributed by atoms with E-state index >= 15 is 0 Å². The van der Waals surface area contributed by atoms with Crippen molar-refractivity contribution in [1.82, 2.24) is 9.88 Å². The summed E-state index contributed by atoms with van der Waals surface area (Å²) in [6.07, 6.45) is 5.41. The number of pyridine rings is 1. The van der Waals surface area contributed by atoms with Crippen LogP contribution in [0.5, 0.6) is 0 Å². The van der Waals surface area contributed by atoms with Gasteiger partial charge in [-0.2, -0.15) is 0 Å². The fourth-order valence-electron chi connectivity index (χ4n) is 1.66. The molecule has 1 heterocycles. The van der Waals surface area contributed by atoms with Crippen LogP contribution in [0.15, 0.2) is 24.5 Å². The molecule has 2 N–H and O–H groups in total. The maximum Gasteiger partial charge on any atom is 0.0740 e. The van der Waals surface area contributed by atoms with E-state index < -0.39 is 0 Å². The molecule has 0 saturated heterocycles. The zero-order valence-electron chi connectivity index (χ0n) is 10.8. The maximum atomic E-state index is 5.54. The second-order valence-corrected chi connectivity index (χ2v) is 4.68. The van der Waals surface area contributed by atoms with Crippen molar-refractivity contribution in [2.45, 2.75) is 12.8 Å². The minimum atomic E-state index is 0.571. The number of ether oxygens (including phenoxy) is 1. The number of nitrogens with two attached hydrogens (primary N) is 1. The quantitative estimate of drug-likeness (QED) is 0.682. The largest absolute Gasteiger partial charge is 0.393 e. The molecular weight excluding hydrogens is 246 g/mol. The molecule has 1 aromatic heterocycles. The molecular formula is C13H21N3OS. The third-order valence-corrected chi connectivity index (χ3v) is 2.96. The van der Waals surface area contributed by atoms with Crippen LogP contribution in [0, 0.1) is 0 Å². The number of methoxy groups -OCH3 is 1. The molecule has 5 heteroatoms. The molecule has 0 fully saturated rings. The second kappa shape index (κ2) is 8.97. The average Bonchev–Trinajstić information content (AvgIpc) is 2.39. The Morgan fingerprint density at radius 2 is 2.06 bits per heavy atom. The first-order valence-corrected chi connectivity index (χ1v) is 6.51. The molecule has 4 nitrogen and oxygen atoms in total. The molecule has 100 valence electrons. The van der Waals surface area contributed by atoms with Crippen molar-refractivity contribution in [3.05, 3.63) is 30.1 Å². The molecule has 18 heavy (non-hydrogen) atoms. The summed E-state index contributed by atoms with van der Waals surface area (Å²) in [5, 5.41) is 0. The van der Waals surface area contributed by atoms with Gasteiger partial charge in [0.05, 0.1) is 11.6 Å². The molecule has 0 radical (unpaired) electrons. The van der Waals surface area contributed by atoms with E-state index in [1.165, 1.54) is 5.56 Å². The molecule has 0 aromatic carbocycles. The van der Waals surface area contributed by atoms with Gasteiger partial charge in [0, 0.05) is 45.6 Å². The molecule has 0 aliphatic rings. The van der Waals surface area contributed by atoms with Crippen molar-refractivity contribution in [1.29, 1.82) is 0 Å². The first-order valence-electron chi connectivity index (χ1n) is 6.11.